The first-order chi connectivity index (χ1) is 12.5. The summed E-state index contributed by atoms with van der Waals surface area (Å²) < 4.78 is 3.92. The van der Waals surface area contributed by atoms with Crippen LogP contribution >= 0.6 is 0 Å². The molecule has 0 amide bonds. The number of benzene rings is 1. The van der Waals surface area contributed by atoms with Gasteiger partial charge in [0.15, 0.2) is 11.2 Å². The predicted molar refractivity (Wildman–Crippen MR) is 99.7 cm³/mol. The van der Waals surface area contributed by atoms with Crippen molar-refractivity contribution in [2.45, 2.75) is 6.54 Å². The van der Waals surface area contributed by atoms with Crippen molar-refractivity contribution in [3.05, 3.63) is 63.3 Å². The number of para-hydroxylation sites is 1. The highest BCUT2D eigenvalue weighted by Gasteiger charge is 2.17. The van der Waals surface area contributed by atoms with Gasteiger partial charge in [-0.25, -0.2) is 10.2 Å². The molecule has 0 spiro atoms. The number of aryl methyl sites for hydroxylation is 2. The summed E-state index contributed by atoms with van der Waals surface area (Å²) in [4.78, 5) is 29.2. The topological polar surface area (TPSA) is 106 Å². The predicted octanol–water partition coefficient (Wildman–Crippen LogP) is 0.771. The van der Waals surface area contributed by atoms with Crippen LogP contribution in [0.5, 0.6) is 5.75 Å². The Morgan fingerprint density at radius 2 is 2.00 bits per heavy atom. The van der Waals surface area contributed by atoms with Crippen LogP contribution in [-0.4, -0.2) is 30.0 Å². The minimum absolute atomic E-state index is 0.0951. The van der Waals surface area contributed by atoms with Crippen molar-refractivity contribution < 1.29 is 5.11 Å². The summed E-state index contributed by atoms with van der Waals surface area (Å²) in [6.45, 7) is 3.68. The average Bonchev–Trinajstić information content (AvgIpc) is 2.95. The van der Waals surface area contributed by atoms with Crippen LogP contribution in [0.25, 0.3) is 11.2 Å². The Kier molecular flexibility index (Phi) is 4.44. The number of imidazole rings is 1. The van der Waals surface area contributed by atoms with Crippen molar-refractivity contribution in [1.82, 2.24) is 18.7 Å². The van der Waals surface area contributed by atoms with Crippen molar-refractivity contribution in [2.75, 3.05) is 5.43 Å². The van der Waals surface area contributed by atoms with Crippen molar-refractivity contribution in [3.8, 4) is 5.75 Å². The molecule has 3 aromatic rings. The van der Waals surface area contributed by atoms with Gasteiger partial charge in [-0.15, -0.1) is 6.58 Å². The number of aromatic hydroxyl groups is 1. The Labute approximate surface area is 148 Å². The van der Waals surface area contributed by atoms with E-state index in [2.05, 4.69) is 22.1 Å². The lowest BCUT2D eigenvalue weighted by molar-refractivity contribution is 0.474. The van der Waals surface area contributed by atoms with Crippen LogP contribution in [0.1, 0.15) is 5.56 Å². The van der Waals surface area contributed by atoms with E-state index in [1.54, 1.807) is 38.4 Å². The highest BCUT2D eigenvalue weighted by molar-refractivity contribution is 5.83. The first kappa shape index (κ1) is 17.2. The molecule has 2 N–H and O–H groups in total. The maximum Gasteiger partial charge on any atom is 0.332 e. The number of allylic oxidation sites excluding steroid dienone is 1. The minimum Gasteiger partial charge on any atom is -0.507 e. The molecule has 0 atom stereocenters. The maximum atomic E-state index is 12.6. The maximum absolute atomic E-state index is 12.6. The van der Waals surface area contributed by atoms with Crippen molar-refractivity contribution in [2.24, 2.45) is 19.2 Å². The Morgan fingerprint density at radius 3 is 2.69 bits per heavy atom. The molecule has 0 saturated carbocycles. The lowest BCUT2D eigenvalue weighted by Gasteiger charge is -2.06. The van der Waals surface area contributed by atoms with Crippen LogP contribution in [0.3, 0.4) is 0 Å². The van der Waals surface area contributed by atoms with Crippen molar-refractivity contribution >= 4 is 23.3 Å². The standard InChI is InChI=1S/C17H18N6O3/c1-4-9-23-15(25)13-14(22(3)17(23)26)19-16(21(13)2)20-18-10-11-7-5-6-8-12(11)24/h4-8,10,24H,1,9H2,2-3H3,(H,19,20)/b18-10-. The fraction of sp³-hybridized carbons (Fsp3) is 0.176. The molecule has 3 rings (SSSR count). The second kappa shape index (κ2) is 6.71. The van der Waals surface area contributed by atoms with Crippen LogP contribution in [0, 0.1) is 0 Å². The number of phenolic OH excluding ortho intramolecular Hbond substituents is 1. The number of phenols is 1. The number of fused-ring (bicyclic) bond motifs is 1. The smallest absolute Gasteiger partial charge is 0.332 e. The van der Waals surface area contributed by atoms with E-state index in [9.17, 15) is 14.7 Å². The largest absolute Gasteiger partial charge is 0.507 e. The van der Waals surface area contributed by atoms with Gasteiger partial charge < -0.3 is 9.67 Å². The Bertz CT molecular complexity index is 1140. The van der Waals surface area contributed by atoms with Crippen molar-refractivity contribution in [3.63, 3.8) is 0 Å². The van der Waals surface area contributed by atoms with Crippen molar-refractivity contribution in [1.29, 1.82) is 0 Å². The van der Waals surface area contributed by atoms with E-state index in [1.807, 2.05) is 0 Å². The molecule has 0 saturated heterocycles. The van der Waals surface area contributed by atoms with E-state index < -0.39 is 11.2 Å². The highest BCUT2D eigenvalue weighted by Crippen LogP contribution is 2.15. The van der Waals surface area contributed by atoms with E-state index in [0.29, 0.717) is 5.56 Å². The van der Waals surface area contributed by atoms with E-state index in [1.165, 1.54) is 21.4 Å². The van der Waals surface area contributed by atoms with E-state index in [4.69, 9.17) is 0 Å². The van der Waals surface area contributed by atoms with Gasteiger partial charge in [-0.1, -0.05) is 18.2 Å². The molecule has 1 aromatic carbocycles. The summed E-state index contributed by atoms with van der Waals surface area (Å²) in [5.74, 6) is 0.382. The molecule has 0 radical (unpaired) electrons. The lowest BCUT2D eigenvalue weighted by Crippen LogP contribution is -2.39. The van der Waals surface area contributed by atoms with Crippen LogP contribution < -0.4 is 16.7 Å². The zero-order chi connectivity index (χ0) is 18.8. The monoisotopic (exact) mass is 354 g/mol. The van der Waals surface area contributed by atoms with Crippen LogP contribution in [0.4, 0.5) is 5.95 Å². The summed E-state index contributed by atoms with van der Waals surface area (Å²) in [7, 11) is 3.20. The molecule has 9 nitrogen and oxygen atoms in total. The molecule has 134 valence electrons. The molecule has 0 aliphatic heterocycles. The number of anilines is 1. The number of hydrogen-bond donors (Lipinski definition) is 2. The zero-order valence-corrected chi connectivity index (χ0v) is 14.4. The van der Waals surface area contributed by atoms with Crippen LogP contribution in [-0.2, 0) is 20.6 Å². The van der Waals surface area contributed by atoms with Gasteiger partial charge in [0.05, 0.1) is 6.21 Å². The number of nitrogens with one attached hydrogen (secondary N) is 1. The van der Waals surface area contributed by atoms with Gasteiger partial charge in [-0.2, -0.15) is 10.1 Å². The van der Waals surface area contributed by atoms with Gasteiger partial charge in [-0.3, -0.25) is 13.9 Å². The molecule has 0 unspecified atom stereocenters. The van der Waals surface area contributed by atoms with E-state index in [0.717, 1.165) is 4.57 Å². The SMILES string of the molecule is C=CCn1c(=O)c2c(nc(N/N=C\c3ccccc3O)n2C)n(C)c1=O. The Hall–Kier alpha value is -3.62. The van der Waals surface area contributed by atoms with E-state index >= 15 is 0 Å². The number of hydrogen-bond acceptors (Lipinski definition) is 6. The summed E-state index contributed by atoms with van der Waals surface area (Å²) in [5, 5.41) is 13.8. The molecular weight excluding hydrogens is 336 g/mol. The van der Waals surface area contributed by atoms with Gasteiger partial charge in [0.2, 0.25) is 5.95 Å². The molecular formula is C17H18N6O3. The van der Waals surface area contributed by atoms with E-state index in [-0.39, 0.29) is 29.4 Å². The second-order valence-corrected chi connectivity index (χ2v) is 5.64. The van der Waals surface area contributed by atoms with Gasteiger partial charge in [0, 0.05) is 26.2 Å². The molecule has 26 heavy (non-hydrogen) atoms. The summed E-state index contributed by atoms with van der Waals surface area (Å²) >= 11 is 0. The molecule has 9 heteroatoms. The number of nitrogens with zero attached hydrogens (tertiary/aromatic N) is 5. The van der Waals surface area contributed by atoms with Crippen LogP contribution in [0.2, 0.25) is 0 Å². The van der Waals surface area contributed by atoms with Crippen LogP contribution in [0.15, 0.2) is 51.6 Å². The molecule has 2 heterocycles. The second-order valence-electron chi connectivity index (χ2n) is 5.64. The Balaban J connectivity index is 2.05. The van der Waals surface area contributed by atoms with Gasteiger partial charge in [-0.05, 0) is 12.1 Å². The fourth-order valence-corrected chi connectivity index (χ4v) is 2.59. The molecule has 0 fully saturated rings. The summed E-state index contributed by atoms with van der Waals surface area (Å²) in [5.41, 5.74) is 2.87. The first-order valence-corrected chi connectivity index (χ1v) is 7.80. The average molecular weight is 354 g/mol. The van der Waals surface area contributed by atoms with Gasteiger partial charge in [0.1, 0.15) is 5.75 Å². The highest BCUT2D eigenvalue weighted by atomic mass is 16.3. The summed E-state index contributed by atoms with van der Waals surface area (Å²) in [6, 6.07) is 6.73. The third-order valence-electron chi connectivity index (χ3n) is 3.98. The molecule has 0 aliphatic rings. The number of aromatic nitrogens is 4. The first-order valence-electron chi connectivity index (χ1n) is 7.80. The quantitative estimate of drug-likeness (QED) is 0.400. The fourth-order valence-electron chi connectivity index (χ4n) is 2.59. The number of rotatable bonds is 5. The minimum atomic E-state index is -0.468. The summed E-state index contributed by atoms with van der Waals surface area (Å²) in [6.07, 6.45) is 2.92. The third kappa shape index (κ3) is 2.79. The third-order valence-corrected chi connectivity index (χ3v) is 3.98. The Morgan fingerprint density at radius 1 is 1.27 bits per heavy atom. The number of hydrazone groups is 1. The molecule has 0 aliphatic carbocycles. The van der Waals surface area contributed by atoms with Gasteiger partial charge >= 0.3 is 5.69 Å². The lowest BCUT2D eigenvalue weighted by atomic mass is 10.2. The molecule has 2 aromatic heterocycles. The zero-order valence-electron chi connectivity index (χ0n) is 14.4. The molecule has 0 bridgehead atoms. The normalized spacial score (nSPS) is 11.3. The van der Waals surface area contributed by atoms with Gasteiger partial charge in [0.25, 0.3) is 5.56 Å².